The van der Waals surface area contributed by atoms with Crippen molar-refractivity contribution in [1.29, 1.82) is 0 Å². The normalized spacial score (nSPS) is 35.8. The van der Waals surface area contributed by atoms with Crippen molar-refractivity contribution < 1.29 is 23.5 Å². The van der Waals surface area contributed by atoms with E-state index in [-0.39, 0.29) is 22.9 Å². The Kier molecular flexibility index (Phi) is 8.58. The van der Waals surface area contributed by atoms with Gasteiger partial charge in [0.05, 0.1) is 23.0 Å². The largest absolute Gasteiger partial charge is 0.359 e. The number of likely N-dealkylation sites (tertiary alicyclic amines) is 1. The molecule has 0 radical (unpaired) electrons. The average Bonchev–Trinajstić information content (AvgIpc) is 3.62. The molecule has 4 heterocycles. The molecule has 1 aromatic carbocycles. The summed E-state index contributed by atoms with van der Waals surface area (Å²) in [6, 6.07) is 3.13. The molecule has 11 heteroatoms. The minimum atomic E-state index is -1.22. The highest BCUT2D eigenvalue weighted by molar-refractivity contribution is 6.31. The van der Waals surface area contributed by atoms with Gasteiger partial charge in [0, 0.05) is 44.5 Å². The van der Waals surface area contributed by atoms with Gasteiger partial charge >= 0.3 is 0 Å². The van der Waals surface area contributed by atoms with E-state index in [1.165, 1.54) is 18.2 Å². The Morgan fingerprint density at radius 2 is 1.88 bits per heavy atom. The molecule has 1 saturated carbocycles. The van der Waals surface area contributed by atoms with Crippen LogP contribution >= 0.6 is 11.6 Å². The number of nitrogens with one attached hydrogen (secondary N) is 2. The fraction of sp³-hybridized carbons (Fsp3) is 0.656. The van der Waals surface area contributed by atoms with E-state index >= 15 is 0 Å². The molecule has 3 saturated heterocycles. The predicted octanol–water partition coefficient (Wildman–Crippen LogP) is 3.15. The van der Waals surface area contributed by atoms with Crippen LogP contribution in [0.1, 0.15) is 39.5 Å². The van der Waals surface area contributed by atoms with Crippen LogP contribution in [-0.4, -0.2) is 103 Å². The minimum Gasteiger partial charge on any atom is -0.359 e. The summed E-state index contributed by atoms with van der Waals surface area (Å²) in [6.07, 6.45) is 6.84. The molecule has 1 aliphatic carbocycles. The van der Waals surface area contributed by atoms with Crippen molar-refractivity contribution in [2.24, 2.45) is 23.7 Å². The van der Waals surface area contributed by atoms with Gasteiger partial charge in [0.25, 0.3) is 0 Å². The van der Waals surface area contributed by atoms with Crippen molar-refractivity contribution in [3.05, 3.63) is 41.2 Å². The molecule has 8 atom stereocenters. The van der Waals surface area contributed by atoms with E-state index in [4.69, 9.17) is 16.3 Å². The summed E-state index contributed by atoms with van der Waals surface area (Å²) in [5.41, 5.74) is -0.882. The molecule has 43 heavy (non-hydrogen) atoms. The maximum atomic E-state index is 14.2. The minimum absolute atomic E-state index is 0.0268. The Morgan fingerprint density at radius 3 is 2.63 bits per heavy atom. The van der Waals surface area contributed by atoms with Gasteiger partial charge in [-0.15, -0.1) is 0 Å². The zero-order chi connectivity index (χ0) is 30.5. The summed E-state index contributed by atoms with van der Waals surface area (Å²) in [6.45, 7) is 9.60. The van der Waals surface area contributed by atoms with E-state index in [2.05, 4.69) is 41.3 Å². The molecule has 3 amide bonds. The van der Waals surface area contributed by atoms with Gasteiger partial charge in [0.2, 0.25) is 17.7 Å². The maximum absolute atomic E-state index is 14.2. The summed E-state index contributed by atoms with van der Waals surface area (Å²) in [5, 5.41) is 6.01. The van der Waals surface area contributed by atoms with Crippen molar-refractivity contribution >= 4 is 35.0 Å². The van der Waals surface area contributed by atoms with Crippen LogP contribution in [0.4, 0.5) is 10.1 Å². The number of benzene rings is 1. The molecular weight excluding hydrogens is 573 g/mol. The molecule has 234 valence electrons. The van der Waals surface area contributed by atoms with Crippen LogP contribution in [0.3, 0.4) is 0 Å². The second-order valence-corrected chi connectivity index (χ2v) is 13.6. The number of piperazine rings is 1. The van der Waals surface area contributed by atoms with Gasteiger partial charge in [-0.1, -0.05) is 50.4 Å². The fourth-order valence-electron chi connectivity index (χ4n) is 7.89. The van der Waals surface area contributed by atoms with E-state index in [1.54, 1.807) is 4.90 Å². The summed E-state index contributed by atoms with van der Waals surface area (Å²) < 4.78 is 20.2. The van der Waals surface area contributed by atoms with Crippen molar-refractivity contribution in [2.75, 3.05) is 51.6 Å². The van der Waals surface area contributed by atoms with E-state index in [9.17, 15) is 18.8 Å². The van der Waals surface area contributed by atoms with Crippen molar-refractivity contribution in [1.82, 2.24) is 20.0 Å². The van der Waals surface area contributed by atoms with Crippen LogP contribution in [0, 0.1) is 29.5 Å². The lowest BCUT2D eigenvalue weighted by atomic mass is 9.73. The first-order chi connectivity index (χ1) is 20.6. The van der Waals surface area contributed by atoms with E-state index < -0.39 is 41.3 Å². The van der Waals surface area contributed by atoms with Gasteiger partial charge in [-0.05, 0) is 56.5 Å². The number of amides is 3. The third-order valence-electron chi connectivity index (χ3n) is 10.6. The first-order valence-corrected chi connectivity index (χ1v) is 16.1. The molecule has 5 aliphatic rings. The van der Waals surface area contributed by atoms with E-state index in [0.29, 0.717) is 24.1 Å². The zero-order valence-corrected chi connectivity index (χ0v) is 26.0. The number of ether oxygens (including phenoxy) is 1. The summed E-state index contributed by atoms with van der Waals surface area (Å²) in [4.78, 5) is 48.5. The fourth-order valence-corrected chi connectivity index (χ4v) is 8.07. The number of hydrogen-bond donors (Lipinski definition) is 2. The zero-order valence-electron chi connectivity index (χ0n) is 25.2. The van der Waals surface area contributed by atoms with E-state index in [0.717, 1.165) is 58.4 Å². The van der Waals surface area contributed by atoms with Crippen molar-refractivity contribution in [2.45, 2.75) is 63.3 Å². The lowest BCUT2D eigenvalue weighted by molar-refractivity contribution is -0.141. The van der Waals surface area contributed by atoms with Crippen LogP contribution in [0.2, 0.25) is 5.02 Å². The molecule has 4 fully saturated rings. The van der Waals surface area contributed by atoms with E-state index in [1.807, 2.05) is 12.2 Å². The number of nitrogens with zero attached hydrogens (tertiary/aromatic N) is 3. The molecule has 0 aromatic heterocycles. The summed E-state index contributed by atoms with van der Waals surface area (Å²) in [5.74, 6) is -2.27. The third kappa shape index (κ3) is 5.60. The smallest absolute Gasteiger partial charge is 0.246 e. The highest BCUT2D eigenvalue weighted by Crippen LogP contribution is 2.55. The van der Waals surface area contributed by atoms with Crippen LogP contribution in [0.15, 0.2) is 30.4 Å². The number of fused-ring (bicyclic) bond motifs is 1. The van der Waals surface area contributed by atoms with Crippen LogP contribution in [0.5, 0.6) is 0 Å². The Labute approximate surface area is 258 Å². The lowest BCUT2D eigenvalue weighted by Crippen LogP contribution is -2.58. The predicted molar refractivity (Wildman–Crippen MR) is 162 cm³/mol. The van der Waals surface area contributed by atoms with Crippen LogP contribution < -0.4 is 10.6 Å². The van der Waals surface area contributed by atoms with Crippen molar-refractivity contribution in [3.8, 4) is 0 Å². The molecule has 1 spiro atoms. The molecule has 2 N–H and O–H groups in total. The number of anilines is 1. The third-order valence-corrected chi connectivity index (χ3v) is 10.9. The van der Waals surface area contributed by atoms with Gasteiger partial charge in [-0.2, -0.15) is 0 Å². The van der Waals surface area contributed by atoms with Crippen LogP contribution in [-0.2, 0) is 19.1 Å². The maximum Gasteiger partial charge on any atom is 0.246 e. The topological polar surface area (TPSA) is 94.2 Å². The number of halogens is 2. The molecule has 9 nitrogen and oxygen atoms in total. The molecule has 0 unspecified atom stereocenters. The number of carbonyl (C=O) groups excluding carboxylic acids is 3. The monoisotopic (exact) mass is 615 g/mol. The molecule has 1 aromatic rings. The molecule has 2 bridgehead atoms. The quantitative estimate of drug-likeness (QED) is 0.437. The summed E-state index contributed by atoms with van der Waals surface area (Å²) >= 11 is 5.94. The summed E-state index contributed by atoms with van der Waals surface area (Å²) in [7, 11) is 2.12. The Hall–Kier alpha value is -2.53. The molecule has 4 aliphatic heterocycles. The number of rotatable bonds is 8. The van der Waals surface area contributed by atoms with Gasteiger partial charge in [0.1, 0.15) is 17.5 Å². The van der Waals surface area contributed by atoms with Crippen LogP contribution in [0.25, 0.3) is 0 Å². The first-order valence-electron chi connectivity index (χ1n) is 15.7. The van der Waals surface area contributed by atoms with Gasteiger partial charge in [0.15, 0.2) is 0 Å². The number of hydrogen-bond acceptors (Lipinski definition) is 6. The number of carbonyl (C=O) groups is 3. The average molecular weight is 616 g/mol. The Balaban J connectivity index is 1.24. The standard InChI is InChI=1S/C32H43ClFN5O4/c1-19-6-4-7-24(20(19)2)36-30(41)28-32-11-10-25(43-32)26(29(40)35-21-8-9-23(34)22(33)18-21)27(32)31(42)39(28)13-5-12-38-16-14-37(3)15-17-38/h8-11,18-20,24-28H,4-7,12-17H2,1-3H3,(H,35,40)(H,36,41)/t19-,20-,24+,25+,26-,27+,28+,32+/m1/s1. The second kappa shape index (κ2) is 12.1. The SMILES string of the molecule is C[C@@H]1[C@H](C)CCC[C@@H]1NC(=O)[C@@H]1N(CCCN2CCN(C)CC2)C(=O)[C@@H]2[C@H](C(=O)Nc3ccc(F)c(Cl)c3)[C@@H]3C=C[C@]21O3. The Morgan fingerprint density at radius 1 is 1.12 bits per heavy atom. The molecule has 6 rings (SSSR count). The second-order valence-electron chi connectivity index (χ2n) is 13.2. The van der Waals surface area contributed by atoms with Crippen molar-refractivity contribution in [3.63, 3.8) is 0 Å². The first kappa shape index (κ1) is 30.5. The molecular formula is C32H43ClFN5O4. The van der Waals surface area contributed by atoms with Gasteiger partial charge < -0.3 is 30.1 Å². The van der Waals surface area contributed by atoms with Gasteiger partial charge in [-0.3, -0.25) is 14.4 Å². The highest BCUT2D eigenvalue weighted by atomic mass is 35.5. The van der Waals surface area contributed by atoms with Gasteiger partial charge in [-0.25, -0.2) is 4.39 Å². The Bertz CT molecular complexity index is 1290. The number of likely N-dealkylation sites (N-methyl/N-ethyl adjacent to an activating group) is 1. The lowest BCUT2D eigenvalue weighted by Gasteiger charge is -2.38. The highest BCUT2D eigenvalue weighted by Gasteiger charge is 2.72.